The van der Waals surface area contributed by atoms with Gasteiger partial charge in [-0.15, -0.1) is 0 Å². The van der Waals surface area contributed by atoms with E-state index in [0.717, 1.165) is 0 Å². The van der Waals surface area contributed by atoms with E-state index in [4.69, 9.17) is 11.6 Å². The van der Waals surface area contributed by atoms with E-state index in [2.05, 4.69) is 24.2 Å². The van der Waals surface area contributed by atoms with Crippen LogP contribution < -0.4 is 0 Å². The molecule has 2 saturated heterocycles. The molecule has 4 rings (SSSR count). The van der Waals surface area contributed by atoms with Gasteiger partial charge in [-0.25, -0.2) is 0 Å². The maximum atomic E-state index is 12.9. The number of rotatable bonds is 2. The molecule has 0 saturated carbocycles. The lowest BCUT2D eigenvalue weighted by atomic mass is 9.87. The second kappa shape index (κ2) is 6.68. The fourth-order valence-electron chi connectivity index (χ4n) is 4.61. The Balaban J connectivity index is 1.62. The largest absolute Gasteiger partial charge is 0.336 e. The van der Waals surface area contributed by atoms with Crippen molar-refractivity contribution in [2.75, 3.05) is 19.6 Å². The van der Waals surface area contributed by atoms with Gasteiger partial charge in [-0.3, -0.25) is 14.3 Å². The fourth-order valence-corrected chi connectivity index (χ4v) is 4.87. The molecule has 1 aromatic heterocycles. The molecular formula is C20H23ClN4O2. The first-order chi connectivity index (χ1) is 12.9. The molecule has 6 nitrogen and oxygen atoms in total. The molecule has 0 aliphatic carbocycles. The number of likely N-dealkylation sites (tertiary alicyclic amines) is 2. The van der Waals surface area contributed by atoms with Crippen LogP contribution in [0.3, 0.4) is 0 Å². The molecule has 7 heteroatoms. The van der Waals surface area contributed by atoms with Gasteiger partial charge in [-0.05, 0) is 18.1 Å². The maximum absolute atomic E-state index is 12.9. The van der Waals surface area contributed by atoms with Crippen LogP contribution in [0.2, 0.25) is 5.02 Å². The summed E-state index contributed by atoms with van der Waals surface area (Å²) in [7, 11) is 1.75. The number of amides is 2. The van der Waals surface area contributed by atoms with Crippen molar-refractivity contribution in [2.24, 2.45) is 18.9 Å². The summed E-state index contributed by atoms with van der Waals surface area (Å²) in [5.74, 6) is 0.447. The normalized spacial score (nSPS) is 24.4. The predicted molar refractivity (Wildman–Crippen MR) is 102 cm³/mol. The maximum Gasteiger partial charge on any atom is 0.275 e. The molecule has 2 aliphatic heterocycles. The van der Waals surface area contributed by atoms with Crippen molar-refractivity contribution in [1.82, 2.24) is 19.6 Å². The van der Waals surface area contributed by atoms with E-state index in [9.17, 15) is 9.59 Å². The Bertz CT molecular complexity index is 909. The zero-order chi connectivity index (χ0) is 19.3. The highest BCUT2D eigenvalue weighted by Gasteiger charge is 2.50. The Morgan fingerprint density at radius 1 is 1.19 bits per heavy atom. The van der Waals surface area contributed by atoms with E-state index in [-0.39, 0.29) is 29.7 Å². The van der Waals surface area contributed by atoms with Crippen molar-refractivity contribution in [3.05, 3.63) is 52.3 Å². The van der Waals surface area contributed by atoms with Crippen LogP contribution in [-0.2, 0) is 11.8 Å². The number of fused-ring (bicyclic) bond motifs is 1. The Kier molecular flexibility index (Phi) is 4.46. The molecule has 0 N–H and O–H groups in total. The monoisotopic (exact) mass is 386 g/mol. The van der Waals surface area contributed by atoms with Crippen LogP contribution in [-0.4, -0.2) is 51.0 Å². The van der Waals surface area contributed by atoms with E-state index in [1.54, 1.807) is 24.9 Å². The summed E-state index contributed by atoms with van der Waals surface area (Å²) >= 11 is 6.17. The zero-order valence-corrected chi connectivity index (χ0v) is 16.5. The number of aromatic nitrogens is 2. The van der Waals surface area contributed by atoms with E-state index in [1.807, 2.05) is 21.9 Å². The Morgan fingerprint density at radius 2 is 1.93 bits per heavy atom. The summed E-state index contributed by atoms with van der Waals surface area (Å²) in [5.41, 5.74) is 2.65. The number of benzene rings is 1. The van der Waals surface area contributed by atoms with Gasteiger partial charge in [0.15, 0.2) is 5.69 Å². The Labute approximate surface area is 163 Å². The number of halogens is 1. The average molecular weight is 387 g/mol. The summed E-state index contributed by atoms with van der Waals surface area (Å²) in [6.45, 7) is 5.62. The van der Waals surface area contributed by atoms with Crippen molar-refractivity contribution in [1.29, 1.82) is 0 Å². The van der Waals surface area contributed by atoms with Crippen LogP contribution in [0.1, 0.15) is 34.6 Å². The van der Waals surface area contributed by atoms with Crippen LogP contribution in [0.25, 0.3) is 0 Å². The van der Waals surface area contributed by atoms with Crippen molar-refractivity contribution >= 4 is 23.4 Å². The van der Waals surface area contributed by atoms with E-state index in [1.165, 1.54) is 11.1 Å². The van der Waals surface area contributed by atoms with Gasteiger partial charge < -0.3 is 9.80 Å². The van der Waals surface area contributed by atoms with Crippen LogP contribution >= 0.6 is 11.6 Å². The number of nitrogens with zero attached hydrogens (tertiary/aromatic N) is 4. The van der Waals surface area contributed by atoms with Crippen LogP contribution in [0.15, 0.2) is 30.5 Å². The van der Waals surface area contributed by atoms with Crippen molar-refractivity contribution in [3.63, 3.8) is 0 Å². The van der Waals surface area contributed by atoms with E-state index in [0.29, 0.717) is 30.4 Å². The molecule has 2 aliphatic rings. The molecule has 0 radical (unpaired) electrons. The first-order valence-electron chi connectivity index (χ1n) is 9.18. The number of carbonyl (C=O) groups excluding carboxylic acids is 2. The lowest BCUT2D eigenvalue weighted by Gasteiger charge is -2.30. The van der Waals surface area contributed by atoms with Gasteiger partial charge in [-0.2, -0.15) is 5.10 Å². The highest BCUT2D eigenvalue weighted by atomic mass is 35.5. The van der Waals surface area contributed by atoms with E-state index >= 15 is 0 Å². The van der Waals surface area contributed by atoms with Gasteiger partial charge in [0.1, 0.15) is 0 Å². The smallest absolute Gasteiger partial charge is 0.275 e. The molecule has 3 heterocycles. The fraction of sp³-hybridized carbons (Fsp3) is 0.450. The summed E-state index contributed by atoms with van der Waals surface area (Å²) in [5, 5.41) is 4.59. The summed E-state index contributed by atoms with van der Waals surface area (Å²) in [6, 6.07) is 8.20. The SMILES string of the molecule is CC(=O)N1C[C@H]2CN(C(=O)c3nn(C)cc3Cl)C[C@H]2[C@@H]1c1ccccc1C. The van der Waals surface area contributed by atoms with Gasteiger partial charge >= 0.3 is 0 Å². The van der Waals surface area contributed by atoms with Crippen molar-refractivity contribution < 1.29 is 9.59 Å². The summed E-state index contributed by atoms with van der Waals surface area (Å²) in [6.07, 6.45) is 1.64. The topological polar surface area (TPSA) is 58.4 Å². The first-order valence-corrected chi connectivity index (χ1v) is 9.55. The number of hydrogen-bond donors (Lipinski definition) is 0. The molecule has 0 spiro atoms. The molecule has 2 fully saturated rings. The third-order valence-electron chi connectivity index (χ3n) is 5.85. The molecule has 2 aromatic rings. The Morgan fingerprint density at radius 3 is 2.56 bits per heavy atom. The molecule has 142 valence electrons. The zero-order valence-electron chi connectivity index (χ0n) is 15.7. The Hall–Kier alpha value is -2.34. The minimum absolute atomic E-state index is 0.00528. The molecule has 27 heavy (non-hydrogen) atoms. The molecule has 2 amide bonds. The molecular weight excluding hydrogens is 364 g/mol. The molecule has 1 aromatic carbocycles. The second-order valence-corrected chi connectivity index (χ2v) is 8.01. The number of aryl methyl sites for hydroxylation is 2. The molecule has 0 unspecified atom stereocenters. The van der Waals surface area contributed by atoms with Crippen molar-refractivity contribution in [2.45, 2.75) is 19.9 Å². The lowest BCUT2D eigenvalue weighted by Crippen LogP contribution is -2.37. The van der Waals surface area contributed by atoms with Gasteiger partial charge in [0.25, 0.3) is 5.91 Å². The lowest BCUT2D eigenvalue weighted by molar-refractivity contribution is -0.130. The predicted octanol–water partition coefficient (Wildman–Crippen LogP) is 2.67. The van der Waals surface area contributed by atoms with Gasteiger partial charge in [0, 0.05) is 51.6 Å². The molecule has 3 atom stereocenters. The first kappa shape index (κ1) is 18.0. The van der Waals surface area contributed by atoms with E-state index < -0.39 is 0 Å². The van der Waals surface area contributed by atoms with Crippen LogP contribution in [0, 0.1) is 18.8 Å². The van der Waals surface area contributed by atoms with Crippen LogP contribution in [0.5, 0.6) is 0 Å². The average Bonchev–Trinajstić information content (AvgIpc) is 3.27. The third-order valence-corrected chi connectivity index (χ3v) is 6.13. The van der Waals surface area contributed by atoms with Crippen molar-refractivity contribution in [3.8, 4) is 0 Å². The van der Waals surface area contributed by atoms with Gasteiger partial charge in [0.05, 0.1) is 11.1 Å². The second-order valence-electron chi connectivity index (χ2n) is 7.61. The highest BCUT2D eigenvalue weighted by Crippen LogP contribution is 2.46. The third kappa shape index (κ3) is 3.02. The quantitative estimate of drug-likeness (QED) is 0.797. The number of carbonyl (C=O) groups is 2. The minimum Gasteiger partial charge on any atom is -0.336 e. The summed E-state index contributed by atoms with van der Waals surface area (Å²) in [4.78, 5) is 29.0. The molecule has 0 bridgehead atoms. The standard InChI is InChI=1S/C20H23ClN4O2/c1-12-6-4-5-7-15(12)19-16-10-24(8-14(16)9-25(19)13(2)26)20(27)18-17(21)11-23(3)22-18/h4-7,11,14,16,19H,8-10H2,1-3H3/t14-,16-,19+/m1/s1. The van der Waals surface area contributed by atoms with Gasteiger partial charge in [-0.1, -0.05) is 35.9 Å². The number of hydrogen-bond acceptors (Lipinski definition) is 3. The summed E-state index contributed by atoms with van der Waals surface area (Å²) < 4.78 is 1.56. The minimum atomic E-state index is -0.132. The van der Waals surface area contributed by atoms with Crippen LogP contribution in [0.4, 0.5) is 0 Å². The van der Waals surface area contributed by atoms with Gasteiger partial charge in [0.2, 0.25) is 5.91 Å². The highest BCUT2D eigenvalue weighted by molar-refractivity contribution is 6.33.